The SMILES string of the molecule is O=S(=O)([O-])c1cc(S(=O)(=O)[O-])c2ccc3c(S(=O)(=O)O)cc(S(=O)(=O)O)c4ccc1c2c43.[Na+].[Na+]. The number of hydrogen-bond donors (Lipinski definition) is 2. The Morgan fingerprint density at radius 3 is 0.971 bits per heavy atom. The van der Waals surface area contributed by atoms with Gasteiger partial charge in [0.25, 0.3) is 20.2 Å². The predicted molar refractivity (Wildman–Crippen MR) is 106 cm³/mol. The van der Waals surface area contributed by atoms with Crippen molar-refractivity contribution in [2.75, 3.05) is 0 Å². The molecule has 4 aromatic carbocycles. The molecule has 4 aromatic rings. The van der Waals surface area contributed by atoms with Gasteiger partial charge in [0, 0.05) is 26.9 Å². The predicted octanol–water partition coefficient (Wildman–Crippen LogP) is -5.11. The van der Waals surface area contributed by atoms with Crippen LogP contribution in [-0.4, -0.2) is 51.9 Å². The van der Waals surface area contributed by atoms with Gasteiger partial charge in [-0.3, -0.25) is 9.11 Å². The summed E-state index contributed by atoms with van der Waals surface area (Å²) < 4.78 is 137. The van der Waals surface area contributed by atoms with Crippen molar-refractivity contribution >= 4 is 72.8 Å². The van der Waals surface area contributed by atoms with E-state index in [0.29, 0.717) is 12.1 Å². The number of benzene rings is 4. The van der Waals surface area contributed by atoms with Gasteiger partial charge in [-0.05, 0) is 17.5 Å². The molecule has 0 saturated heterocycles. The van der Waals surface area contributed by atoms with Crippen LogP contribution in [0, 0.1) is 0 Å². The summed E-state index contributed by atoms with van der Waals surface area (Å²) in [6.45, 7) is 0. The molecule has 0 aliphatic heterocycles. The molecule has 18 heteroatoms. The minimum atomic E-state index is -5.38. The van der Waals surface area contributed by atoms with Crippen molar-refractivity contribution in [3.05, 3.63) is 36.4 Å². The van der Waals surface area contributed by atoms with Gasteiger partial charge in [0.2, 0.25) is 0 Å². The molecule has 0 fully saturated rings. The molecule has 0 saturated carbocycles. The summed E-state index contributed by atoms with van der Waals surface area (Å²) in [7, 11) is -21.0. The minimum Gasteiger partial charge on any atom is -0.744 e. The van der Waals surface area contributed by atoms with Gasteiger partial charge in [-0.25, -0.2) is 16.8 Å². The largest absolute Gasteiger partial charge is 1.00 e. The van der Waals surface area contributed by atoms with Gasteiger partial charge in [-0.1, -0.05) is 24.3 Å². The molecule has 0 aliphatic carbocycles. The van der Waals surface area contributed by atoms with E-state index in [4.69, 9.17) is 0 Å². The van der Waals surface area contributed by atoms with Gasteiger partial charge in [-0.2, -0.15) is 16.8 Å². The average molecular weight is 566 g/mol. The second-order valence-electron chi connectivity index (χ2n) is 6.68. The normalized spacial score (nSPS) is 13.2. The van der Waals surface area contributed by atoms with E-state index in [0.717, 1.165) is 24.3 Å². The van der Waals surface area contributed by atoms with E-state index in [-0.39, 0.29) is 69.9 Å². The third-order valence-corrected chi connectivity index (χ3v) is 8.38. The van der Waals surface area contributed by atoms with E-state index >= 15 is 0 Å². The topological polar surface area (TPSA) is 223 Å². The first-order chi connectivity index (χ1) is 14.4. The molecule has 0 spiro atoms. The van der Waals surface area contributed by atoms with Crippen LogP contribution in [0.3, 0.4) is 0 Å². The molecule has 0 heterocycles. The third kappa shape index (κ3) is 4.90. The zero-order chi connectivity index (χ0) is 24.0. The van der Waals surface area contributed by atoms with Crippen molar-refractivity contribution in [2.45, 2.75) is 19.6 Å². The zero-order valence-corrected chi connectivity index (χ0v) is 24.3. The summed E-state index contributed by atoms with van der Waals surface area (Å²) in [6.07, 6.45) is 0. The van der Waals surface area contributed by atoms with Gasteiger partial charge < -0.3 is 9.11 Å². The summed E-state index contributed by atoms with van der Waals surface area (Å²) >= 11 is 0. The quantitative estimate of drug-likeness (QED) is 0.134. The fourth-order valence-electron chi connectivity index (χ4n) is 3.71. The van der Waals surface area contributed by atoms with E-state index in [2.05, 4.69) is 0 Å². The van der Waals surface area contributed by atoms with Gasteiger partial charge in [0.15, 0.2) is 0 Å². The van der Waals surface area contributed by atoms with Crippen LogP contribution < -0.4 is 59.1 Å². The minimum absolute atomic E-state index is 0. The van der Waals surface area contributed by atoms with Crippen LogP contribution in [0.2, 0.25) is 0 Å². The summed E-state index contributed by atoms with van der Waals surface area (Å²) in [5.74, 6) is 0. The molecule has 34 heavy (non-hydrogen) atoms. The molecular formula is C16H8Na2O12S4. The molecule has 0 unspecified atom stereocenters. The Kier molecular flexibility index (Phi) is 8.01. The molecule has 0 bridgehead atoms. The molecule has 2 N–H and O–H groups in total. The summed E-state index contributed by atoms with van der Waals surface area (Å²) in [5.41, 5.74) is 0. The maximum absolute atomic E-state index is 11.9. The van der Waals surface area contributed by atoms with Gasteiger partial charge in [0.05, 0.1) is 9.79 Å². The fourth-order valence-corrected chi connectivity index (χ4v) is 6.69. The Bertz CT molecular complexity index is 1640. The van der Waals surface area contributed by atoms with Crippen LogP contribution in [0.25, 0.3) is 32.3 Å². The van der Waals surface area contributed by atoms with Crippen molar-refractivity contribution in [3.8, 4) is 0 Å². The van der Waals surface area contributed by atoms with Crippen molar-refractivity contribution in [3.63, 3.8) is 0 Å². The van der Waals surface area contributed by atoms with Crippen LogP contribution in [0.1, 0.15) is 0 Å². The van der Waals surface area contributed by atoms with Crippen LogP contribution in [0.5, 0.6) is 0 Å². The van der Waals surface area contributed by atoms with Crippen LogP contribution >= 0.6 is 0 Å². The second-order valence-corrected chi connectivity index (χ2v) is 12.2. The first-order valence-corrected chi connectivity index (χ1v) is 13.8. The fraction of sp³-hybridized carbons (Fsp3) is 0. The summed E-state index contributed by atoms with van der Waals surface area (Å²) in [6, 6.07) is 4.63. The maximum atomic E-state index is 11.9. The second kappa shape index (κ2) is 9.14. The Labute approximate surface area is 237 Å². The number of rotatable bonds is 4. The van der Waals surface area contributed by atoms with Crippen molar-refractivity contribution in [1.29, 1.82) is 0 Å². The summed E-state index contributed by atoms with van der Waals surface area (Å²) in [4.78, 5) is -4.26. The zero-order valence-electron chi connectivity index (χ0n) is 17.1. The van der Waals surface area contributed by atoms with E-state index in [1.165, 1.54) is 0 Å². The van der Waals surface area contributed by atoms with Gasteiger partial charge in [-0.15, -0.1) is 0 Å². The van der Waals surface area contributed by atoms with Crippen molar-refractivity contribution < 1.29 is 111 Å². The number of hydrogen-bond acceptors (Lipinski definition) is 10. The standard InChI is InChI=1S/C16H10O12S4.2Na/c17-29(18,19)11-5-13(31(23,24)25)9-3-4-10-14(32(26,27)28)6-12(30(20,21)22)8-2-1-7(11)15(9)16(8)10;;/h1-6H,(H,17,18,19)(H,20,21,22)(H,23,24,25)(H,26,27,28);;/q;2*+1/p-2. The summed E-state index contributed by atoms with van der Waals surface area (Å²) in [5, 5.41) is -2.51. The Hall–Kier alpha value is -0.440. The van der Waals surface area contributed by atoms with Gasteiger partial charge >= 0.3 is 59.1 Å². The molecule has 0 amide bonds. The first kappa shape index (κ1) is 29.8. The van der Waals surface area contributed by atoms with Crippen LogP contribution in [0.4, 0.5) is 0 Å². The monoisotopic (exact) mass is 566 g/mol. The third-order valence-electron chi connectivity index (χ3n) is 4.84. The molecule has 0 atom stereocenters. The van der Waals surface area contributed by atoms with Crippen molar-refractivity contribution in [2.24, 2.45) is 0 Å². The van der Waals surface area contributed by atoms with Gasteiger partial charge in [0.1, 0.15) is 30.0 Å². The molecule has 12 nitrogen and oxygen atoms in total. The van der Waals surface area contributed by atoms with E-state index < -0.39 is 81.6 Å². The van der Waals surface area contributed by atoms with E-state index in [1.54, 1.807) is 0 Å². The van der Waals surface area contributed by atoms with Crippen LogP contribution in [-0.2, 0) is 40.5 Å². The van der Waals surface area contributed by atoms with Crippen molar-refractivity contribution in [1.82, 2.24) is 0 Å². The Morgan fingerprint density at radius 2 is 0.735 bits per heavy atom. The Balaban J connectivity index is 0.00000204. The molecular weight excluding hydrogens is 558 g/mol. The van der Waals surface area contributed by atoms with E-state index in [1.807, 2.05) is 0 Å². The molecule has 0 radical (unpaired) electrons. The first-order valence-electron chi connectivity index (χ1n) is 8.07. The average Bonchev–Trinajstić information content (AvgIpc) is 2.61. The van der Waals surface area contributed by atoms with E-state index in [9.17, 15) is 51.9 Å². The molecule has 0 aliphatic rings. The molecule has 4 rings (SSSR count). The Morgan fingerprint density at radius 1 is 0.500 bits per heavy atom. The molecule has 0 aromatic heterocycles. The maximum Gasteiger partial charge on any atom is 1.00 e. The molecule has 170 valence electrons. The smallest absolute Gasteiger partial charge is 0.744 e. The van der Waals surface area contributed by atoms with Crippen LogP contribution in [0.15, 0.2) is 56.0 Å².